The summed E-state index contributed by atoms with van der Waals surface area (Å²) in [4.78, 5) is 23.8. The molecule has 2 aromatic rings. The van der Waals surface area contributed by atoms with Gasteiger partial charge in [-0.2, -0.15) is 5.10 Å². The van der Waals surface area contributed by atoms with Gasteiger partial charge in [0.05, 0.1) is 5.56 Å². The molecule has 1 atom stereocenters. The van der Waals surface area contributed by atoms with Crippen molar-refractivity contribution >= 4 is 18.7 Å². The highest BCUT2D eigenvalue weighted by Crippen LogP contribution is 2.36. The van der Waals surface area contributed by atoms with E-state index in [2.05, 4.69) is 5.10 Å². The molecule has 3 rings (SSSR count). The van der Waals surface area contributed by atoms with Gasteiger partial charge in [0.1, 0.15) is 11.5 Å². The predicted octanol–water partition coefficient (Wildman–Crippen LogP) is 1.92. The first-order valence-corrected chi connectivity index (χ1v) is 8.01. The molecule has 2 heterocycles. The van der Waals surface area contributed by atoms with Crippen LogP contribution in [0.15, 0.2) is 36.7 Å². The van der Waals surface area contributed by atoms with Crippen LogP contribution in [0.3, 0.4) is 0 Å². The van der Waals surface area contributed by atoms with E-state index in [1.807, 2.05) is 18.3 Å². The molecule has 6 nitrogen and oxygen atoms in total. The number of carbonyl (C=O) groups excluding carboxylic acids is 2. The van der Waals surface area contributed by atoms with Crippen LogP contribution >= 0.6 is 0 Å². The van der Waals surface area contributed by atoms with Crippen molar-refractivity contribution < 1.29 is 19.3 Å². The molecular formula is C17H19BN2O4. The maximum Gasteiger partial charge on any atom is 0.526 e. The normalized spacial score (nSPS) is 16.4. The Morgan fingerprint density at radius 1 is 1.42 bits per heavy atom. The molecule has 7 heteroatoms. The second-order valence-corrected chi connectivity index (χ2v) is 6.08. The van der Waals surface area contributed by atoms with Gasteiger partial charge in [-0.1, -0.05) is 12.1 Å². The molecule has 0 amide bonds. The highest BCUT2D eigenvalue weighted by atomic mass is 16.5. The summed E-state index contributed by atoms with van der Waals surface area (Å²) in [5.41, 5.74) is 1.33. The lowest BCUT2D eigenvalue weighted by Crippen LogP contribution is -2.35. The van der Waals surface area contributed by atoms with E-state index in [0.717, 1.165) is 5.56 Å². The Labute approximate surface area is 140 Å². The zero-order valence-corrected chi connectivity index (χ0v) is 13.5. The standard InChI is InChI=1S/C17H19BN2O4/c1-12(21)16-5-2-4-13-10-14(18(23)24-17(13)16)11-15(22)6-9-20-8-3-7-19-20/h2-5,7-8,14,23H,6,9-11H2,1H3/t14-/m1/s1. The average Bonchev–Trinajstić information content (AvgIpc) is 3.06. The molecule has 0 bridgehead atoms. The number of fused-ring (bicyclic) bond motifs is 1. The minimum absolute atomic E-state index is 0.0596. The quantitative estimate of drug-likeness (QED) is 0.648. The van der Waals surface area contributed by atoms with Crippen LogP contribution in [-0.2, 0) is 17.8 Å². The molecule has 1 aliphatic rings. The third kappa shape index (κ3) is 3.57. The SMILES string of the molecule is CC(=O)c1cccc2c1OB(O)[C@@H](CC(=O)CCn1cccn1)C2. The number of hydrogen-bond acceptors (Lipinski definition) is 5. The number of aryl methyl sites for hydroxylation is 1. The second-order valence-electron chi connectivity index (χ2n) is 6.08. The molecule has 0 fully saturated rings. The fraction of sp³-hybridized carbons (Fsp3) is 0.353. The van der Waals surface area contributed by atoms with E-state index in [9.17, 15) is 14.6 Å². The third-order valence-corrected chi connectivity index (χ3v) is 4.27. The number of carbonyl (C=O) groups is 2. The number of Topliss-reactive ketones (excluding diaryl/α,β-unsaturated/α-hetero) is 2. The number of hydrogen-bond donors (Lipinski definition) is 1. The van der Waals surface area contributed by atoms with Crippen molar-refractivity contribution in [3.05, 3.63) is 47.8 Å². The summed E-state index contributed by atoms with van der Waals surface area (Å²) in [5.74, 6) is 0.0969. The van der Waals surface area contributed by atoms with Gasteiger partial charge in [-0.15, -0.1) is 0 Å². The van der Waals surface area contributed by atoms with Crippen LogP contribution in [0, 0.1) is 0 Å². The largest absolute Gasteiger partial charge is 0.535 e. The number of aromatic nitrogens is 2. The van der Waals surface area contributed by atoms with Crippen molar-refractivity contribution in [3.63, 3.8) is 0 Å². The molecule has 124 valence electrons. The Morgan fingerprint density at radius 3 is 2.96 bits per heavy atom. The smallest absolute Gasteiger partial charge is 0.526 e. The van der Waals surface area contributed by atoms with E-state index in [0.29, 0.717) is 30.7 Å². The molecule has 0 radical (unpaired) electrons. The van der Waals surface area contributed by atoms with Gasteiger partial charge in [0.15, 0.2) is 5.78 Å². The van der Waals surface area contributed by atoms with Crippen LogP contribution in [0.4, 0.5) is 0 Å². The minimum atomic E-state index is -1.08. The zero-order chi connectivity index (χ0) is 17.1. The van der Waals surface area contributed by atoms with Gasteiger partial charge in [-0.3, -0.25) is 14.3 Å². The van der Waals surface area contributed by atoms with Gasteiger partial charge in [0, 0.05) is 37.6 Å². The highest BCUT2D eigenvalue weighted by molar-refractivity contribution is 6.47. The fourth-order valence-corrected chi connectivity index (χ4v) is 3.00. The van der Waals surface area contributed by atoms with E-state index < -0.39 is 7.12 Å². The first-order chi connectivity index (χ1) is 11.5. The van der Waals surface area contributed by atoms with Crippen molar-refractivity contribution in [2.75, 3.05) is 0 Å². The molecule has 1 aliphatic heterocycles. The molecule has 0 aliphatic carbocycles. The number of para-hydroxylation sites is 1. The van der Waals surface area contributed by atoms with E-state index in [4.69, 9.17) is 4.65 Å². The summed E-state index contributed by atoms with van der Waals surface area (Å²) in [7, 11) is -1.08. The van der Waals surface area contributed by atoms with Crippen molar-refractivity contribution in [2.24, 2.45) is 0 Å². The third-order valence-electron chi connectivity index (χ3n) is 4.27. The fourth-order valence-electron chi connectivity index (χ4n) is 3.00. The van der Waals surface area contributed by atoms with Gasteiger partial charge >= 0.3 is 7.12 Å². The Bertz CT molecular complexity index is 745. The molecular weight excluding hydrogens is 307 g/mol. The van der Waals surface area contributed by atoms with Gasteiger partial charge in [0.25, 0.3) is 0 Å². The summed E-state index contributed by atoms with van der Waals surface area (Å²) < 4.78 is 7.26. The molecule has 0 saturated heterocycles. The predicted molar refractivity (Wildman–Crippen MR) is 89.0 cm³/mol. The Kier molecular flexibility index (Phi) is 4.80. The number of rotatable bonds is 6. The van der Waals surface area contributed by atoms with Crippen LogP contribution < -0.4 is 4.65 Å². The van der Waals surface area contributed by atoms with Crippen LogP contribution in [0.5, 0.6) is 5.75 Å². The Hall–Kier alpha value is -2.41. The lowest BCUT2D eigenvalue weighted by Gasteiger charge is -2.28. The molecule has 1 aromatic heterocycles. The summed E-state index contributed by atoms with van der Waals surface area (Å²) in [6.45, 7) is 2.00. The summed E-state index contributed by atoms with van der Waals surface area (Å²) in [5, 5.41) is 14.3. The lowest BCUT2D eigenvalue weighted by molar-refractivity contribution is -0.119. The first kappa shape index (κ1) is 16.5. The first-order valence-electron chi connectivity index (χ1n) is 8.01. The average molecular weight is 326 g/mol. The molecule has 0 saturated carbocycles. The van der Waals surface area contributed by atoms with E-state index in [1.165, 1.54) is 6.92 Å². The lowest BCUT2D eigenvalue weighted by atomic mass is 9.64. The highest BCUT2D eigenvalue weighted by Gasteiger charge is 2.37. The van der Waals surface area contributed by atoms with Gasteiger partial charge in [0.2, 0.25) is 0 Å². The van der Waals surface area contributed by atoms with Crippen molar-refractivity contribution in [3.8, 4) is 5.75 Å². The summed E-state index contributed by atoms with van der Waals surface area (Å²) in [6, 6.07) is 7.16. The number of ketones is 2. The van der Waals surface area contributed by atoms with Gasteiger partial charge < -0.3 is 9.68 Å². The Morgan fingerprint density at radius 2 is 2.25 bits per heavy atom. The summed E-state index contributed by atoms with van der Waals surface area (Å²) in [6.07, 6.45) is 4.61. The van der Waals surface area contributed by atoms with E-state index >= 15 is 0 Å². The van der Waals surface area contributed by atoms with E-state index in [1.54, 1.807) is 23.0 Å². The molecule has 1 N–H and O–H groups in total. The van der Waals surface area contributed by atoms with Crippen LogP contribution in [0.25, 0.3) is 0 Å². The van der Waals surface area contributed by atoms with E-state index in [-0.39, 0.29) is 23.8 Å². The topological polar surface area (TPSA) is 81.4 Å². The van der Waals surface area contributed by atoms with Gasteiger partial charge in [-0.05, 0) is 31.0 Å². The van der Waals surface area contributed by atoms with Crippen molar-refractivity contribution in [2.45, 2.75) is 38.5 Å². The Balaban J connectivity index is 1.64. The zero-order valence-electron chi connectivity index (χ0n) is 13.5. The molecule has 24 heavy (non-hydrogen) atoms. The van der Waals surface area contributed by atoms with Crippen LogP contribution in [0.2, 0.25) is 5.82 Å². The molecule has 1 aromatic carbocycles. The number of nitrogens with zero attached hydrogens (tertiary/aromatic N) is 2. The monoisotopic (exact) mass is 326 g/mol. The second kappa shape index (κ2) is 7.01. The van der Waals surface area contributed by atoms with Crippen molar-refractivity contribution in [1.29, 1.82) is 0 Å². The number of benzene rings is 1. The molecule has 0 unspecified atom stereocenters. The maximum absolute atomic E-state index is 12.2. The van der Waals surface area contributed by atoms with Gasteiger partial charge in [-0.25, -0.2) is 0 Å². The molecule has 0 spiro atoms. The minimum Gasteiger partial charge on any atom is -0.535 e. The van der Waals surface area contributed by atoms with Crippen LogP contribution in [-0.4, -0.2) is 33.5 Å². The summed E-state index contributed by atoms with van der Waals surface area (Å²) >= 11 is 0. The maximum atomic E-state index is 12.2. The van der Waals surface area contributed by atoms with Crippen molar-refractivity contribution in [1.82, 2.24) is 9.78 Å². The van der Waals surface area contributed by atoms with Crippen LogP contribution in [0.1, 0.15) is 35.7 Å².